The quantitative estimate of drug-likeness (QED) is 0.494. The molecule has 2 rings (SSSR count). The second-order valence-electron chi connectivity index (χ2n) is 5.18. The predicted molar refractivity (Wildman–Crippen MR) is 86.7 cm³/mol. The first-order valence-corrected chi connectivity index (χ1v) is 8.77. The molecular formula is C13H15Cl2NS2. The van der Waals surface area contributed by atoms with Crippen LogP contribution in [-0.2, 0) is 5.41 Å². The molecule has 1 heterocycles. The van der Waals surface area contributed by atoms with Crippen molar-refractivity contribution in [3.05, 3.63) is 29.8 Å². The van der Waals surface area contributed by atoms with E-state index >= 15 is 0 Å². The molecule has 5 heteroatoms. The first-order chi connectivity index (χ1) is 8.38. The molecule has 1 aliphatic heterocycles. The lowest BCUT2D eigenvalue weighted by molar-refractivity contribution is 0.590. The minimum absolute atomic E-state index is 0.0933. The lowest BCUT2D eigenvalue weighted by Crippen LogP contribution is -2.12. The third-order valence-electron chi connectivity index (χ3n) is 2.66. The number of nitrogens with zero attached hydrogens (tertiary/aromatic N) is 1. The van der Waals surface area contributed by atoms with Gasteiger partial charge in [0.15, 0.2) is 0 Å². The van der Waals surface area contributed by atoms with E-state index in [0.29, 0.717) is 0 Å². The molecule has 1 aromatic rings. The molecule has 1 nitrogen and oxygen atoms in total. The fourth-order valence-corrected chi connectivity index (χ4v) is 4.95. The van der Waals surface area contributed by atoms with Gasteiger partial charge in [-0.05, 0) is 33.9 Å². The van der Waals surface area contributed by atoms with Crippen LogP contribution in [0.15, 0.2) is 29.3 Å². The van der Waals surface area contributed by atoms with E-state index < -0.39 is 0 Å². The van der Waals surface area contributed by atoms with Gasteiger partial charge in [0, 0.05) is 0 Å². The van der Waals surface area contributed by atoms with E-state index in [1.807, 2.05) is 12.1 Å². The third kappa shape index (κ3) is 3.38. The summed E-state index contributed by atoms with van der Waals surface area (Å²) in [4.78, 5) is 4.56. The smallest absolute Gasteiger partial charge is 0.112 e. The monoisotopic (exact) mass is 319 g/mol. The normalized spacial score (nSPS) is 26.8. The van der Waals surface area contributed by atoms with Gasteiger partial charge in [0.1, 0.15) is 15.1 Å². The van der Waals surface area contributed by atoms with Gasteiger partial charge in [0.2, 0.25) is 0 Å². The van der Waals surface area contributed by atoms with Crippen LogP contribution in [0.5, 0.6) is 0 Å². The minimum Gasteiger partial charge on any atom is -0.244 e. The fraction of sp³-hybridized carbons (Fsp3) is 0.462. The molecule has 98 valence electrons. The van der Waals surface area contributed by atoms with Crippen molar-refractivity contribution in [3.63, 3.8) is 0 Å². The van der Waals surface area contributed by atoms with Gasteiger partial charge >= 0.3 is 0 Å². The summed E-state index contributed by atoms with van der Waals surface area (Å²) in [6.07, 6.45) is 0. The molecule has 0 spiro atoms. The van der Waals surface area contributed by atoms with Gasteiger partial charge in [0.25, 0.3) is 0 Å². The van der Waals surface area contributed by atoms with Crippen LogP contribution in [0.2, 0.25) is 0 Å². The Morgan fingerprint density at radius 3 is 2.17 bits per heavy atom. The van der Waals surface area contributed by atoms with Crippen LogP contribution in [0.3, 0.4) is 0 Å². The second kappa shape index (κ2) is 5.66. The number of alkyl halides is 2. The van der Waals surface area contributed by atoms with Crippen LogP contribution >= 0.6 is 44.8 Å². The predicted octanol–water partition coefficient (Wildman–Crippen LogP) is 5.58. The molecule has 0 bridgehead atoms. The molecule has 0 amide bonds. The van der Waals surface area contributed by atoms with Gasteiger partial charge in [0.05, 0.1) is 5.69 Å². The molecule has 2 atom stereocenters. The highest BCUT2D eigenvalue weighted by Crippen LogP contribution is 2.45. The van der Waals surface area contributed by atoms with Crippen LogP contribution in [-0.4, -0.2) is 15.1 Å². The van der Waals surface area contributed by atoms with Crippen LogP contribution < -0.4 is 0 Å². The Hall–Kier alpha value is 0.170. The first kappa shape index (κ1) is 14.6. The van der Waals surface area contributed by atoms with Crippen molar-refractivity contribution in [1.82, 2.24) is 0 Å². The summed E-state index contributed by atoms with van der Waals surface area (Å²) in [5.74, 6) is 0. The molecule has 18 heavy (non-hydrogen) atoms. The summed E-state index contributed by atoms with van der Waals surface area (Å²) in [6.45, 7) is 6.60. The Bertz CT molecular complexity index is 451. The largest absolute Gasteiger partial charge is 0.244 e. The highest BCUT2D eigenvalue weighted by Gasteiger charge is 2.31. The minimum atomic E-state index is -0.191. The van der Waals surface area contributed by atoms with Crippen LogP contribution in [0.25, 0.3) is 0 Å². The van der Waals surface area contributed by atoms with E-state index in [1.165, 1.54) is 5.56 Å². The Labute approximate surface area is 126 Å². The van der Waals surface area contributed by atoms with Crippen molar-refractivity contribution in [2.24, 2.45) is 4.99 Å². The molecule has 2 unspecified atom stereocenters. The summed E-state index contributed by atoms with van der Waals surface area (Å²) in [6, 6.07) is 8.30. The molecule has 1 fully saturated rings. The lowest BCUT2D eigenvalue weighted by Gasteiger charge is -2.18. The van der Waals surface area contributed by atoms with Gasteiger partial charge in [-0.1, -0.05) is 43.7 Å². The molecule has 0 N–H and O–H groups in total. The summed E-state index contributed by atoms with van der Waals surface area (Å²) in [5.41, 5.74) is 2.40. The van der Waals surface area contributed by atoms with E-state index in [9.17, 15) is 0 Å². The summed E-state index contributed by atoms with van der Waals surface area (Å²) < 4.78 is -0.0933. The number of hydrogen-bond acceptors (Lipinski definition) is 3. The number of hydrogen-bond donors (Lipinski definition) is 0. The van der Waals surface area contributed by atoms with Crippen molar-refractivity contribution < 1.29 is 0 Å². The van der Waals surface area contributed by atoms with E-state index in [2.05, 4.69) is 37.9 Å². The standard InChI is InChI=1S/C13H15Cl2NS2/c1-13(2,3)8-4-6-9(7-5-8)16-12-10(14)11(15)17-18-12/h4-7,10-11H,1-3H3/b16-12-. The molecular weight excluding hydrogens is 305 g/mol. The summed E-state index contributed by atoms with van der Waals surface area (Å²) in [7, 11) is 3.13. The third-order valence-corrected chi connectivity index (χ3v) is 6.86. The molecule has 1 saturated heterocycles. The number of rotatable bonds is 1. The highest BCUT2D eigenvalue weighted by molar-refractivity contribution is 8.83. The summed E-state index contributed by atoms with van der Waals surface area (Å²) >= 11 is 12.2. The van der Waals surface area contributed by atoms with Crippen molar-refractivity contribution >= 4 is 55.5 Å². The van der Waals surface area contributed by atoms with Gasteiger partial charge in [-0.25, -0.2) is 4.99 Å². The van der Waals surface area contributed by atoms with Crippen LogP contribution in [0.1, 0.15) is 26.3 Å². The average molecular weight is 320 g/mol. The first-order valence-electron chi connectivity index (χ1n) is 5.68. The van der Waals surface area contributed by atoms with Crippen molar-refractivity contribution in [2.75, 3.05) is 0 Å². The molecule has 0 radical (unpaired) electrons. The number of aliphatic imine (C=N–C) groups is 1. The molecule has 0 aromatic heterocycles. The molecule has 1 aromatic carbocycles. The van der Waals surface area contributed by atoms with Crippen molar-refractivity contribution in [2.45, 2.75) is 36.3 Å². The van der Waals surface area contributed by atoms with E-state index in [0.717, 1.165) is 10.7 Å². The maximum atomic E-state index is 6.18. The van der Waals surface area contributed by atoms with E-state index in [1.54, 1.807) is 21.6 Å². The zero-order valence-corrected chi connectivity index (χ0v) is 13.6. The zero-order chi connectivity index (χ0) is 13.3. The Morgan fingerprint density at radius 2 is 1.72 bits per heavy atom. The van der Waals surface area contributed by atoms with E-state index in [4.69, 9.17) is 23.2 Å². The second-order valence-corrected chi connectivity index (χ2v) is 8.74. The topological polar surface area (TPSA) is 12.4 Å². The lowest BCUT2D eigenvalue weighted by atomic mass is 9.87. The van der Waals surface area contributed by atoms with Crippen molar-refractivity contribution in [3.8, 4) is 0 Å². The highest BCUT2D eigenvalue weighted by atomic mass is 35.5. The Morgan fingerprint density at radius 1 is 1.11 bits per heavy atom. The van der Waals surface area contributed by atoms with Gasteiger partial charge < -0.3 is 0 Å². The average Bonchev–Trinajstić information content (AvgIpc) is 2.61. The Kier molecular flexibility index (Phi) is 4.58. The maximum Gasteiger partial charge on any atom is 0.112 e. The van der Waals surface area contributed by atoms with Crippen LogP contribution in [0.4, 0.5) is 5.69 Å². The Balaban J connectivity index is 2.19. The number of halogens is 2. The van der Waals surface area contributed by atoms with Crippen molar-refractivity contribution in [1.29, 1.82) is 0 Å². The summed E-state index contributed by atoms with van der Waals surface area (Å²) in [5, 5.41) is 0.703. The van der Waals surface area contributed by atoms with Gasteiger partial charge in [-0.2, -0.15) is 0 Å². The SMILES string of the molecule is CC(C)(C)c1ccc(/N=C2\SSC(Cl)C2Cl)cc1. The van der Waals surface area contributed by atoms with Gasteiger partial charge in [-0.15, -0.1) is 23.2 Å². The van der Waals surface area contributed by atoms with Crippen LogP contribution in [0, 0.1) is 0 Å². The zero-order valence-electron chi connectivity index (χ0n) is 10.5. The molecule has 0 aliphatic carbocycles. The fourth-order valence-electron chi connectivity index (χ4n) is 1.55. The van der Waals surface area contributed by atoms with E-state index in [-0.39, 0.29) is 15.5 Å². The maximum absolute atomic E-state index is 6.18. The molecule has 0 saturated carbocycles. The number of benzene rings is 1. The van der Waals surface area contributed by atoms with Gasteiger partial charge in [-0.3, -0.25) is 0 Å². The molecule has 1 aliphatic rings.